The van der Waals surface area contributed by atoms with Crippen molar-refractivity contribution >= 4 is 23.6 Å². The van der Waals surface area contributed by atoms with Crippen LogP contribution in [0.4, 0.5) is 0 Å². The van der Waals surface area contributed by atoms with E-state index in [9.17, 15) is 14.4 Å². The van der Waals surface area contributed by atoms with Crippen LogP contribution in [0.25, 0.3) is 0 Å². The lowest BCUT2D eigenvalue weighted by atomic mass is 10.00. The molecule has 0 saturated heterocycles. The van der Waals surface area contributed by atoms with Crippen molar-refractivity contribution < 1.29 is 14.4 Å². The van der Waals surface area contributed by atoms with Gasteiger partial charge in [0.15, 0.2) is 5.92 Å². The number of amides is 3. The molecule has 122 valence electrons. The predicted octanol–water partition coefficient (Wildman–Crippen LogP) is 1.72. The summed E-state index contributed by atoms with van der Waals surface area (Å²) < 4.78 is 0. The van der Waals surface area contributed by atoms with Gasteiger partial charge >= 0.3 is 0 Å². The molecule has 2 atom stereocenters. The lowest BCUT2D eigenvalue weighted by molar-refractivity contribution is -0.145. The zero-order valence-electron chi connectivity index (χ0n) is 13.4. The van der Waals surface area contributed by atoms with Crippen molar-refractivity contribution in [3.63, 3.8) is 0 Å². The van der Waals surface area contributed by atoms with E-state index in [-0.39, 0.29) is 11.9 Å². The highest BCUT2D eigenvalue weighted by Gasteiger charge is 2.43. The van der Waals surface area contributed by atoms with Gasteiger partial charge in [-0.05, 0) is 31.1 Å². The molecule has 0 bridgehead atoms. The topological polar surface area (TPSA) is 78.8 Å². The molecule has 0 aromatic heterocycles. The molecular formula is C18H17N3O3. The van der Waals surface area contributed by atoms with Gasteiger partial charge in [0, 0.05) is 6.20 Å². The molecule has 0 aliphatic carbocycles. The Kier molecular flexibility index (Phi) is 4.12. The minimum Gasteiger partial charge on any atom is -0.348 e. The summed E-state index contributed by atoms with van der Waals surface area (Å²) in [5.41, 5.74) is 1.60. The molecule has 1 aromatic carbocycles. The normalized spacial score (nSPS) is 20.9. The van der Waals surface area contributed by atoms with E-state index in [1.807, 2.05) is 30.3 Å². The Bertz CT molecular complexity index is 793. The van der Waals surface area contributed by atoms with Crippen molar-refractivity contribution in [1.82, 2.24) is 10.2 Å². The lowest BCUT2D eigenvalue weighted by Gasteiger charge is -2.30. The third-order valence-electron chi connectivity index (χ3n) is 4.03. The lowest BCUT2D eigenvalue weighted by Crippen LogP contribution is -2.51. The Hall–Kier alpha value is -3.02. The number of fused-ring (bicyclic) bond motifs is 1. The van der Waals surface area contributed by atoms with Gasteiger partial charge in [0.05, 0.1) is 6.04 Å². The summed E-state index contributed by atoms with van der Waals surface area (Å²) in [5, 5.41) is 2.72. The molecular weight excluding hydrogens is 306 g/mol. The highest BCUT2D eigenvalue weighted by atomic mass is 16.2. The van der Waals surface area contributed by atoms with Crippen molar-refractivity contribution in [2.75, 3.05) is 0 Å². The highest BCUT2D eigenvalue weighted by molar-refractivity contribution is 6.28. The fourth-order valence-corrected chi connectivity index (χ4v) is 2.69. The fourth-order valence-electron chi connectivity index (χ4n) is 2.69. The van der Waals surface area contributed by atoms with E-state index in [2.05, 4.69) is 10.3 Å². The second-order valence-corrected chi connectivity index (χ2v) is 5.75. The van der Waals surface area contributed by atoms with Crippen molar-refractivity contribution in [3.05, 3.63) is 59.8 Å². The van der Waals surface area contributed by atoms with Gasteiger partial charge in [-0.2, -0.15) is 4.99 Å². The average Bonchev–Trinajstić information content (AvgIpc) is 2.57. The Morgan fingerprint density at radius 2 is 1.96 bits per heavy atom. The Labute approximate surface area is 139 Å². The van der Waals surface area contributed by atoms with Gasteiger partial charge < -0.3 is 5.32 Å². The van der Waals surface area contributed by atoms with Gasteiger partial charge in [-0.3, -0.25) is 19.3 Å². The van der Waals surface area contributed by atoms with Crippen LogP contribution in [0, 0.1) is 5.92 Å². The van der Waals surface area contributed by atoms with Crippen LogP contribution in [-0.4, -0.2) is 28.5 Å². The third kappa shape index (κ3) is 2.78. The van der Waals surface area contributed by atoms with Crippen LogP contribution in [0.5, 0.6) is 0 Å². The molecule has 6 nitrogen and oxygen atoms in total. The number of carbonyl (C=O) groups is 3. The summed E-state index contributed by atoms with van der Waals surface area (Å²) in [5.74, 6) is -3.11. The maximum absolute atomic E-state index is 12.6. The minimum absolute atomic E-state index is 0.285. The molecule has 2 unspecified atom stereocenters. The standard InChI is InChI=1S/C18H17N3O3/c1-11-7-6-10-21-15(11)20-17(23)14(18(21)24)16(22)19-12(2)13-8-4-3-5-9-13/h3-10,12,14H,1-2H3,(H,19,22). The Balaban J connectivity index is 1.81. The zero-order valence-corrected chi connectivity index (χ0v) is 13.4. The second kappa shape index (κ2) is 6.23. The smallest absolute Gasteiger partial charge is 0.269 e. The number of aliphatic imine (C=N–C) groups is 1. The van der Waals surface area contributed by atoms with Crippen molar-refractivity contribution in [2.24, 2.45) is 10.9 Å². The zero-order chi connectivity index (χ0) is 17.3. The van der Waals surface area contributed by atoms with Gasteiger partial charge in [0.25, 0.3) is 11.8 Å². The van der Waals surface area contributed by atoms with E-state index < -0.39 is 23.6 Å². The second-order valence-electron chi connectivity index (χ2n) is 5.75. The first-order chi connectivity index (χ1) is 11.5. The molecule has 3 amide bonds. The summed E-state index contributed by atoms with van der Waals surface area (Å²) in [7, 11) is 0. The van der Waals surface area contributed by atoms with Gasteiger partial charge in [0.1, 0.15) is 5.84 Å². The van der Waals surface area contributed by atoms with Gasteiger partial charge in [-0.1, -0.05) is 36.4 Å². The highest BCUT2D eigenvalue weighted by Crippen LogP contribution is 2.22. The van der Waals surface area contributed by atoms with Crippen LogP contribution in [0.2, 0.25) is 0 Å². The Morgan fingerprint density at radius 3 is 2.67 bits per heavy atom. The number of hydrogen-bond acceptors (Lipinski definition) is 3. The average molecular weight is 323 g/mol. The number of carbonyl (C=O) groups excluding carboxylic acids is 3. The first kappa shape index (κ1) is 15.9. The van der Waals surface area contributed by atoms with E-state index in [0.29, 0.717) is 5.57 Å². The van der Waals surface area contributed by atoms with E-state index in [0.717, 1.165) is 5.56 Å². The molecule has 24 heavy (non-hydrogen) atoms. The van der Waals surface area contributed by atoms with Gasteiger partial charge in [-0.25, -0.2) is 0 Å². The molecule has 0 saturated carbocycles. The molecule has 2 heterocycles. The Morgan fingerprint density at radius 1 is 1.25 bits per heavy atom. The quantitative estimate of drug-likeness (QED) is 0.860. The molecule has 0 radical (unpaired) electrons. The third-order valence-corrected chi connectivity index (χ3v) is 4.03. The monoisotopic (exact) mass is 323 g/mol. The van der Waals surface area contributed by atoms with E-state index in [1.165, 1.54) is 11.1 Å². The van der Waals surface area contributed by atoms with Crippen LogP contribution in [0.15, 0.2) is 59.2 Å². The van der Waals surface area contributed by atoms with Crippen LogP contribution >= 0.6 is 0 Å². The van der Waals surface area contributed by atoms with Crippen LogP contribution < -0.4 is 5.32 Å². The number of amidine groups is 1. The SMILES string of the molecule is CC1=CC=CN2C(=O)C(C(=O)NC(C)c3ccccc3)C(=O)N=C12. The van der Waals surface area contributed by atoms with Crippen molar-refractivity contribution in [1.29, 1.82) is 0 Å². The summed E-state index contributed by atoms with van der Waals surface area (Å²) >= 11 is 0. The van der Waals surface area contributed by atoms with Crippen molar-refractivity contribution in [2.45, 2.75) is 19.9 Å². The van der Waals surface area contributed by atoms with Gasteiger partial charge in [0.2, 0.25) is 5.91 Å². The van der Waals surface area contributed by atoms with E-state index >= 15 is 0 Å². The summed E-state index contributed by atoms with van der Waals surface area (Å²) in [6.45, 7) is 3.56. The number of allylic oxidation sites excluding steroid dienone is 2. The molecule has 1 N–H and O–H groups in total. The fraction of sp³-hybridized carbons (Fsp3) is 0.222. The molecule has 0 spiro atoms. The number of benzene rings is 1. The summed E-state index contributed by atoms with van der Waals surface area (Å²) in [4.78, 5) is 42.4. The molecule has 2 aliphatic heterocycles. The largest absolute Gasteiger partial charge is 0.348 e. The molecule has 0 fully saturated rings. The first-order valence-corrected chi connectivity index (χ1v) is 7.65. The van der Waals surface area contributed by atoms with E-state index in [4.69, 9.17) is 0 Å². The number of nitrogens with zero attached hydrogens (tertiary/aromatic N) is 2. The summed E-state index contributed by atoms with van der Waals surface area (Å²) in [6.07, 6.45) is 4.96. The predicted molar refractivity (Wildman–Crippen MR) is 88.7 cm³/mol. The minimum atomic E-state index is -1.45. The maximum Gasteiger partial charge on any atom is 0.269 e. The van der Waals surface area contributed by atoms with Crippen LogP contribution in [-0.2, 0) is 14.4 Å². The molecule has 6 heteroatoms. The maximum atomic E-state index is 12.6. The molecule has 3 rings (SSSR count). The van der Waals surface area contributed by atoms with Crippen molar-refractivity contribution in [3.8, 4) is 0 Å². The first-order valence-electron chi connectivity index (χ1n) is 7.65. The number of hydrogen-bond donors (Lipinski definition) is 1. The number of nitrogens with one attached hydrogen (secondary N) is 1. The van der Waals surface area contributed by atoms with Gasteiger partial charge in [-0.15, -0.1) is 0 Å². The van der Waals surface area contributed by atoms with E-state index in [1.54, 1.807) is 26.0 Å². The van der Waals surface area contributed by atoms with Crippen LogP contribution in [0.3, 0.4) is 0 Å². The van der Waals surface area contributed by atoms with Crippen LogP contribution in [0.1, 0.15) is 25.5 Å². The summed E-state index contributed by atoms with van der Waals surface area (Å²) in [6, 6.07) is 9.02. The number of rotatable bonds is 3. The molecule has 1 aromatic rings. The molecule has 2 aliphatic rings.